The molecule has 1 aromatic carbocycles. The van der Waals surface area contributed by atoms with E-state index in [2.05, 4.69) is 10.3 Å². The first-order valence-corrected chi connectivity index (χ1v) is 5.70. The van der Waals surface area contributed by atoms with Crippen LogP contribution in [0.15, 0.2) is 42.6 Å². The third-order valence-electron chi connectivity index (χ3n) is 2.59. The smallest absolute Gasteiger partial charge is 0.256 e. The van der Waals surface area contributed by atoms with Crippen molar-refractivity contribution in [2.24, 2.45) is 5.73 Å². The fourth-order valence-corrected chi connectivity index (χ4v) is 1.58. The molecule has 0 saturated heterocycles. The third-order valence-corrected chi connectivity index (χ3v) is 2.59. The number of nitrogens with zero attached hydrogens (tertiary/aromatic N) is 1. The van der Waals surface area contributed by atoms with Crippen molar-refractivity contribution in [3.63, 3.8) is 0 Å². The van der Waals surface area contributed by atoms with E-state index in [9.17, 15) is 9.59 Å². The molecule has 19 heavy (non-hydrogen) atoms. The maximum Gasteiger partial charge on any atom is 0.256 e. The van der Waals surface area contributed by atoms with Crippen LogP contribution < -0.4 is 11.1 Å². The third kappa shape index (κ3) is 3.16. The van der Waals surface area contributed by atoms with Crippen molar-refractivity contribution >= 4 is 17.6 Å². The van der Waals surface area contributed by atoms with Crippen molar-refractivity contribution in [2.75, 3.05) is 5.32 Å². The van der Waals surface area contributed by atoms with Gasteiger partial charge in [0.05, 0.1) is 0 Å². The van der Waals surface area contributed by atoms with Crippen molar-refractivity contribution in [2.45, 2.75) is 6.92 Å². The summed E-state index contributed by atoms with van der Waals surface area (Å²) in [6.45, 7) is 1.92. The van der Waals surface area contributed by atoms with Gasteiger partial charge in [-0.3, -0.25) is 9.59 Å². The van der Waals surface area contributed by atoms with Gasteiger partial charge < -0.3 is 11.1 Å². The molecule has 0 fully saturated rings. The zero-order valence-corrected chi connectivity index (χ0v) is 10.4. The van der Waals surface area contributed by atoms with E-state index in [0.717, 1.165) is 5.56 Å². The van der Waals surface area contributed by atoms with Crippen LogP contribution in [0.25, 0.3) is 0 Å². The Morgan fingerprint density at radius 2 is 1.74 bits per heavy atom. The van der Waals surface area contributed by atoms with E-state index in [0.29, 0.717) is 16.9 Å². The molecule has 5 heteroatoms. The van der Waals surface area contributed by atoms with Crippen LogP contribution in [0.5, 0.6) is 0 Å². The molecule has 0 aliphatic carbocycles. The van der Waals surface area contributed by atoms with E-state index in [1.54, 1.807) is 24.4 Å². The monoisotopic (exact) mass is 255 g/mol. The second kappa shape index (κ2) is 5.30. The van der Waals surface area contributed by atoms with Crippen molar-refractivity contribution in [1.29, 1.82) is 0 Å². The van der Waals surface area contributed by atoms with Gasteiger partial charge in [-0.1, -0.05) is 0 Å². The molecule has 2 rings (SSSR count). The summed E-state index contributed by atoms with van der Waals surface area (Å²) >= 11 is 0. The van der Waals surface area contributed by atoms with E-state index >= 15 is 0 Å². The van der Waals surface area contributed by atoms with Gasteiger partial charge in [-0.2, -0.15) is 0 Å². The molecule has 0 saturated carbocycles. The molecule has 0 atom stereocenters. The van der Waals surface area contributed by atoms with Crippen LogP contribution in [-0.2, 0) is 0 Å². The first-order valence-electron chi connectivity index (χ1n) is 5.70. The molecule has 5 nitrogen and oxygen atoms in total. The van der Waals surface area contributed by atoms with Crippen molar-refractivity contribution in [3.05, 3.63) is 59.3 Å². The molecule has 96 valence electrons. The van der Waals surface area contributed by atoms with Gasteiger partial charge in [0.25, 0.3) is 5.91 Å². The number of nitrogens with one attached hydrogen (secondary N) is 1. The molecule has 1 heterocycles. The average molecular weight is 255 g/mol. The van der Waals surface area contributed by atoms with E-state index in [1.807, 2.05) is 13.0 Å². The minimum Gasteiger partial charge on any atom is -0.366 e. The SMILES string of the molecule is Cc1ccnc(NC(=O)c2ccc(C(N)=O)cc2)c1. The van der Waals surface area contributed by atoms with Crippen LogP contribution >= 0.6 is 0 Å². The zero-order chi connectivity index (χ0) is 13.8. The summed E-state index contributed by atoms with van der Waals surface area (Å²) in [5.41, 5.74) is 6.94. The van der Waals surface area contributed by atoms with Gasteiger partial charge in [0.15, 0.2) is 0 Å². The van der Waals surface area contributed by atoms with Gasteiger partial charge in [-0.25, -0.2) is 4.98 Å². The zero-order valence-electron chi connectivity index (χ0n) is 10.4. The predicted molar refractivity (Wildman–Crippen MR) is 71.9 cm³/mol. The summed E-state index contributed by atoms with van der Waals surface area (Å²) in [7, 11) is 0. The number of hydrogen-bond acceptors (Lipinski definition) is 3. The highest BCUT2D eigenvalue weighted by molar-refractivity contribution is 6.04. The summed E-state index contributed by atoms with van der Waals surface area (Å²) < 4.78 is 0. The number of aryl methyl sites for hydroxylation is 1. The first-order chi connectivity index (χ1) is 9.06. The van der Waals surface area contributed by atoms with Crippen LogP contribution in [-0.4, -0.2) is 16.8 Å². The predicted octanol–water partition coefficient (Wildman–Crippen LogP) is 1.74. The molecule has 3 N–H and O–H groups in total. The lowest BCUT2D eigenvalue weighted by atomic mass is 10.1. The van der Waals surface area contributed by atoms with Crippen molar-refractivity contribution in [3.8, 4) is 0 Å². The molecule has 2 aromatic rings. The van der Waals surface area contributed by atoms with Gasteiger partial charge >= 0.3 is 0 Å². The Hall–Kier alpha value is -2.69. The lowest BCUT2D eigenvalue weighted by Gasteiger charge is -2.05. The van der Waals surface area contributed by atoms with E-state index in [4.69, 9.17) is 5.73 Å². The number of pyridine rings is 1. The Morgan fingerprint density at radius 1 is 1.11 bits per heavy atom. The molecule has 0 aliphatic heterocycles. The molecule has 0 unspecified atom stereocenters. The average Bonchev–Trinajstić information content (AvgIpc) is 2.39. The second-order valence-electron chi connectivity index (χ2n) is 4.11. The number of benzene rings is 1. The Morgan fingerprint density at radius 3 is 2.32 bits per heavy atom. The summed E-state index contributed by atoms with van der Waals surface area (Å²) in [5, 5.41) is 2.68. The molecule has 1 aromatic heterocycles. The second-order valence-corrected chi connectivity index (χ2v) is 4.11. The number of anilines is 1. The van der Waals surface area contributed by atoms with Gasteiger partial charge in [-0.15, -0.1) is 0 Å². The quantitative estimate of drug-likeness (QED) is 0.876. The summed E-state index contributed by atoms with van der Waals surface area (Å²) in [4.78, 5) is 26.9. The lowest BCUT2D eigenvalue weighted by Crippen LogP contribution is -2.14. The molecule has 0 bridgehead atoms. The van der Waals surface area contributed by atoms with Crippen LogP contribution in [0.2, 0.25) is 0 Å². The summed E-state index contributed by atoms with van der Waals surface area (Å²) in [6.07, 6.45) is 1.63. The lowest BCUT2D eigenvalue weighted by molar-refractivity contribution is 0.0995. The number of rotatable bonds is 3. The van der Waals surface area contributed by atoms with Crippen LogP contribution in [0.4, 0.5) is 5.82 Å². The molecule has 0 spiro atoms. The number of carbonyl (C=O) groups excluding carboxylic acids is 2. The van der Waals surface area contributed by atoms with Gasteiger partial charge in [0, 0.05) is 17.3 Å². The molecule has 0 radical (unpaired) electrons. The number of primary amides is 1. The van der Waals surface area contributed by atoms with Crippen molar-refractivity contribution < 1.29 is 9.59 Å². The number of carbonyl (C=O) groups is 2. The molecular weight excluding hydrogens is 242 g/mol. The fourth-order valence-electron chi connectivity index (χ4n) is 1.58. The Kier molecular flexibility index (Phi) is 3.56. The normalized spacial score (nSPS) is 9.95. The summed E-state index contributed by atoms with van der Waals surface area (Å²) in [5.74, 6) is -0.314. The number of aromatic nitrogens is 1. The van der Waals surface area contributed by atoms with Crippen molar-refractivity contribution in [1.82, 2.24) is 4.98 Å². The minimum atomic E-state index is -0.521. The largest absolute Gasteiger partial charge is 0.366 e. The minimum absolute atomic E-state index is 0.283. The van der Waals surface area contributed by atoms with Gasteiger partial charge in [0.1, 0.15) is 5.82 Å². The molecule has 0 aliphatic rings. The highest BCUT2D eigenvalue weighted by atomic mass is 16.2. The van der Waals surface area contributed by atoms with Gasteiger partial charge in [-0.05, 0) is 48.9 Å². The van der Waals surface area contributed by atoms with Crippen LogP contribution in [0.1, 0.15) is 26.3 Å². The number of hydrogen-bond donors (Lipinski definition) is 2. The van der Waals surface area contributed by atoms with Crippen LogP contribution in [0.3, 0.4) is 0 Å². The number of nitrogens with two attached hydrogens (primary N) is 1. The van der Waals surface area contributed by atoms with Gasteiger partial charge in [0.2, 0.25) is 5.91 Å². The maximum atomic E-state index is 11.9. The Labute approximate surface area is 110 Å². The van der Waals surface area contributed by atoms with E-state index in [-0.39, 0.29) is 5.91 Å². The highest BCUT2D eigenvalue weighted by Crippen LogP contribution is 2.09. The first kappa shape index (κ1) is 12.8. The van der Waals surface area contributed by atoms with Crippen LogP contribution in [0, 0.1) is 6.92 Å². The Bertz CT molecular complexity index is 621. The molecule has 2 amide bonds. The molecular formula is C14H13N3O2. The fraction of sp³-hybridized carbons (Fsp3) is 0.0714. The summed E-state index contributed by atoms with van der Waals surface area (Å²) in [6, 6.07) is 9.74. The van der Waals surface area contributed by atoms with E-state index in [1.165, 1.54) is 12.1 Å². The standard InChI is InChI=1S/C14H13N3O2/c1-9-6-7-16-12(8-9)17-14(19)11-4-2-10(3-5-11)13(15)18/h2-8H,1H3,(H2,15,18)(H,16,17,19). The highest BCUT2D eigenvalue weighted by Gasteiger charge is 2.08. The number of amides is 2. The maximum absolute atomic E-state index is 11.9. The van der Waals surface area contributed by atoms with E-state index < -0.39 is 5.91 Å². The topological polar surface area (TPSA) is 85.1 Å². The Balaban J connectivity index is 2.14.